The van der Waals surface area contributed by atoms with Crippen LogP contribution in [0.4, 0.5) is 0 Å². The molecule has 97 valence electrons. The Kier molecular flexibility index (Phi) is 4.36. The standard InChI is InChI=1S/C12H23N4O/c1-3-14-6-8-15(9-7-14)12-10-16(11(2)17)5-4-13-12/h12H,3-10H2,1-2H3. The number of nitrogens with zero attached hydrogens (tertiary/aromatic N) is 4. The normalized spacial score (nSPS) is 28.4. The second kappa shape index (κ2) is 5.80. The summed E-state index contributed by atoms with van der Waals surface area (Å²) in [5.74, 6) is 0.178. The Morgan fingerprint density at radius 3 is 2.53 bits per heavy atom. The lowest BCUT2D eigenvalue weighted by atomic mass is 10.2. The van der Waals surface area contributed by atoms with E-state index in [0.717, 1.165) is 52.4 Å². The first-order valence-electron chi connectivity index (χ1n) is 6.59. The molecule has 5 heteroatoms. The molecule has 0 saturated carbocycles. The van der Waals surface area contributed by atoms with E-state index in [-0.39, 0.29) is 12.1 Å². The summed E-state index contributed by atoms with van der Waals surface area (Å²) in [5, 5.41) is 4.65. The molecule has 5 nitrogen and oxygen atoms in total. The van der Waals surface area contributed by atoms with Gasteiger partial charge < -0.3 is 9.80 Å². The van der Waals surface area contributed by atoms with Gasteiger partial charge >= 0.3 is 0 Å². The van der Waals surface area contributed by atoms with Crippen LogP contribution in [0, 0.1) is 0 Å². The first-order valence-corrected chi connectivity index (χ1v) is 6.59. The van der Waals surface area contributed by atoms with Crippen LogP contribution in [0.15, 0.2) is 0 Å². The molecule has 2 aliphatic heterocycles. The largest absolute Gasteiger partial charge is 0.339 e. The highest BCUT2D eigenvalue weighted by Gasteiger charge is 2.28. The van der Waals surface area contributed by atoms with Crippen molar-refractivity contribution in [3.05, 3.63) is 0 Å². The monoisotopic (exact) mass is 239 g/mol. The Morgan fingerprint density at radius 1 is 1.24 bits per heavy atom. The number of amides is 1. The molecule has 2 heterocycles. The third-order valence-electron chi connectivity index (χ3n) is 3.81. The second-order valence-electron chi connectivity index (χ2n) is 4.82. The number of piperazine rings is 2. The maximum Gasteiger partial charge on any atom is 0.219 e. The summed E-state index contributed by atoms with van der Waals surface area (Å²) in [7, 11) is 0. The molecule has 2 rings (SSSR count). The predicted molar refractivity (Wildman–Crippen MR) is 66.7 cm³/mol. The van der Waals surface area contributed by atoms with Crippen LogP contribution in [0.1, 0.15) is 13.8 Å². The van der Waals surface area contributed by atoms with Crippen molar-refractivity contribution >= 4 is 5.91 Å². The van der Waals surface area contributed by atoms with Crippen molar-refractivity contribution in [2.45, 2.75) is 20.0 Å². The summed E-state index contributed by atoms with van der Waals surface area (Å²) in [6, 6.07) is 0. The number of carbonyl (C=O) groups excluding carboxylic acids is 1. The maximum atomic E-state index is 11.4. The van der Waals surface area contributed by atoms with Crippen molar-refractivity contribution < 1.29 is 4.79 Å². The van der Waals surface area contributed by atoms with E-state index in [4.69, 9.17) is 0 Å². The summed E-state index contributed by atoms with van der Waals surface area (Å²) in [4.78, 5) is 18.2. The molecule has 0 aliphatic carbocycles. The molecule has 1 amide bonds. The van der Waals surface area contributed by atoms with Crippen LogP contribution in [-0.4, -0.2) is 79.1 Å². The smallest absolute Gasteiger partial charge is 0.219 e. The third kappa shape index (κ3) is 3.18. The molecule has 1 atom stereocenters. The molecule has 2 aliphatic rings. The Hall–Kier alpha value is -0.650. The van der Waals surface area contributed by atoms with Gasteiger partial charge in [0.05, 0.1) is 12.7 Å². The fourth-order valence-electron chi connectivity index (χ4n) is 2.57. The van der Waals surface area contributed by atoms with E-state index in [9.17, 15) is 4.79 Å². The van der Waals surface area contributed by atoms with Crippen molar-refractivity contribution in [3.63, 3.8) is 0 Å². The van der Waals surface area contributed by atoms with Crippen molar-refractivity contribution in [1.29, 1.82) is 0 Å². The summed E-state index contributed by atoms with van der Waals surface area (Å²) >= 11 is 0. The van der Waals surface area contributed by atoms with E-state index in [1.54, 1.807) is 6.92 Å². The quantitative estimate of drug-likeness (QED) is 0.647. The van der Waals surface area contributed by atoms with Crippen molar-refractivity contribution in [2.24, 2.45) is 0 Å². The molecule has 0 N–H and O–H groups in total. The molecule has 17 heavy (non-hydrogen) atoms. The molecule has 2 fully saturated rings. The average molecular weight is 239 g/mol. The molecule has 0 bridgehead atoms. The van der Waals surface area contributed by atoms with Crippen LogP contribution < -0.4 is 5.32 Å². The van der Waals surface area contributed by atoms with E-state index in [1.807, 2.05) is 4.90 Å². The Morgan fingerprint density at radius 2 is 1.94 bits per heavy atom. The van der Waals surface area contributed by atoms with Gasteiger partial charge in [-0.25, -0.2) is 5.32 Å². The van der Waals surface area contributed by atoms with Crippen LogP contribution in [0.3, 0.4) is 0 Å². The highest BCUT2D eigenvalue weighted by atomic mass is 16.2. The van der Waals surface area contributed by atoms with Crippen LogP contribution in [0.25, 0.3) is 0 Å². The number of likely N-dealkylation sites (N-methyl/N-ethyl adjacent to an activating group) is 1. The van der Waals surface area contributed by atoms with Crippen molar-refractivity contribution in [3.8, 4) is 0 Å². The number of hydrogen-bond acceptors (Lipinski definition) is 3. The van der Waals surface area contributed by atoms with Gasteiger partial charge in [-0.15, -0.1) is 0 Å². The Balaban J connectivity index is 1.84. The van der Waals surface area contributed by atoms with Crippen LogP contribution >= 0.6 is 0 Å². The molecule has 0 aromatic carbocycles. The minimum atomic E-state index is 0.178. The van der Waals surface area contributed by atoms with Gasteiger partial charge in [-0.2, -0.15) is 0 Å². The SMILES string of the molecule is CCN1CCN(C2CN(C(C)=O)CC[N]2)CC1. The summed E-state index contributed by atoms with van der Waals surface area (Å²) in [6.45, 7) is 11.8. The van der Waals surface area contributed by atoms with Crippen LogP contribution in [-0.2, 0) is 4.79 Å². The van der Waals surface area contributed by atoms with Crippen LogP contribution in [0.5, 0.6) is 0 Å². The minimum Gasteiger partial charge on any atom is -0.339 e. The van der Waals surface area contributed by atoms with Crippen molar-refractivity contribution in [2.75, 3.05) is 52.4 Å². The van der Waals surface area contributed by atoms with Gasteiger partial charge in [-0.05, 0) is 6.54 Å². The molecular formula is C12H23N4O. The number of carbonyl (C=O) groups is 1. The fourth-order valence-corrected chi connectivity index (χ4v) is 2.57. The lowest BCUT2D eigenvalue weighted by molar-refractivity contribution is -0.131. The van der Waals surface area contributed by atoms with E-state index in [0.29, 0.717) is 0 Å². The zero-order chi connectivity index (χ0) is 12.3. The molecule has 2 saturated heterocycles. The Labute approximate surface area is 104 Å². The zero-order valence-corrected chi connectivity index (χ0v) is 10.9. The summed E-state index contributed by atoms with van der Waals surface area (Å²) in [6.07, 6.45) is 0.228. The highest BCUT2D eigenvalue weighted by Crippen LogP contribution is 2.10. The van der Waals surface area contributed by atoms with E-state index >= 15 is 0 Å². The topological polar surface area (TPSA) is 40.9 Å². The van der Waals surface area contributed by atoms with Gasteiger partial charge in [-0.3, -0.25) is 9.69 Å². The van der Waals surface area contributed by atoms with Gasteiger partial charge in [0.2, 0.25) is 5.91 Å². The highest BCUT2D eigenvalue weighted by molar-refractivity contribution is 5.73. The zero-order valence-electron chi connectivity index (χ0n) is 10.9. The summed E-state index contributed by atoms with van der Waals surface area (Å²) in [5.41, 5.74) is 0. The van der Waals surface area contributed by atoms with Gasteiger partial charge in [-0.1, -0.05) is 6.92 Å². The van der Waals surface area contributed by atoms with Gasteiger partial charge in [0.25, 0.3) is 0 Å². The molecule has 0 aromatic heterocycles. The minimum absolute atomic E-state index is 0.178. The van der Waals surface area contributed by atoms with E-state index in [1.165, 1.54) is 0 Å². The third-order valence-corrected chi connectivity index (χ3v) is 3.81. The van der Waals surface area contributed by atoms with E-state index < -0.39 is 0 Å². The summed E-state index contributed by atoms with van der Waals surface area (Å²) < 4.78 is 0. The molecule has 1 unspecified atom stereocenters. The fraction of sp³-hybridized carbons (Fsp3) is 0.917. The molecule has 0 spiro atoms. The van der Waals surface area contributed by atoms with Gasteiger partial charge in [0.1, 0.15) is 0 Å². The molecular weight excluding hydrogens is 216 g/mol. The predicted octanol–water partition coefficient (Wildman–Crippen LogP) is -0.583. The number of hydrogen-bond donors (Lipinski definition) is 0. The van der Waals surface area contributed by atoms with Gasteiger partial charge in [0, 0.05) is 46.2 Å². The number of rotatable bonds is 2. The molecule has 0 aromatic rings. The lowest BCUT2D eigenvalue weighted by Crippen LogP contribution is -2.60. The average Bonchev–Trinajstić information content (AvgIpc) is 2.39. The lowest BCUT2D eigenvalue weighted by Gasteiger charge is -2.42. The second-order valence-corrected chi connectivity index (χ2v) is 4.82. The first kappa shape index (κ1) is 12.8. The maximum absolute atomic E-state index is 11.4. The van der Waals surface area contributed by atoms with Crippen LogP contribution in [0.2, 0.25) is 0 Å². The molecule has 1 radical (unpaired) electrons. The van der Waals surface area contributed by atoms with Gasteiger partial charge in [0.15, 0.2) is 0 Å². The first-order chi connectivity index (χ1) is 8.20. The van der Waals surface area contributed by atoms with Crippen molar-refractivity contribution in [1.82, 2.24) is 20.0 Å². The van der Waals surface area contributed by atoms with E-state index in [2.05, 4.69) is 22.0 Å². The Bertz CT molecular complexity index is 263.